The van der Waals surface area contributed by atoms with Crippen molar-refractivity contribution in [3.05, 3.63) is 66.0 Å². The molecule has 9 heteroatoms. The van der Waals surface area contributed by atoms with E-state index >= 15 is 4.39 Å². The number of aromatic hydroxyl groups is 1. The van der Waals surface area contributed by atoms with Gasteiger partial charge in [0.05, 0.1) is 11.1 Å². The summed E-state index contributed by atoms with van der Waals surface area (Å²) in [5.41, 5.74) is 0.753. The number of carbonyl (C=O) groups is 1. The molecule has 1 N–H and O–H groups in total. The van der Waals surface area contributed by atoms with Crippen molar-refractivity contribution in [2.24, 2.45) is 0 Å². The number of alkyl halides is 1. The Bertz CT molecular complexity index is 1440. The van der Waals surface area contributed by atoms with E-state index in [0.29, 0.717) is 29.0 Å². The molecule has 4 aromatic rings. The van der Waals surface area contributed by atoms with Crippen molar-refractivity contribution in [3.63, 3.8) is 0 Å². The van der Waals surface area contributed by atoms with Crippen LogP contribution in [0.1, 0.15) is 0 Å². The third-order valence-electron chi connectivity index (χ3n) is 6.17. The van der Waals surface area contributed by atoms with E-state index in [4.69, 9.17) is 11.6 Å². The van der Waals surface area contributed by atoms with Crippen LogP contribution in [0.5, 0.6) is 5.75 Å². The Balaban J connectivity index is 1.61. The molecular formula is C25H20ClF2N3O2S. The minimum atomic E-state index is -0.677. The van der Waals surface area contributed by atoms with E-state index in [-0.39, 0.29) is 34.3 Å². The Hall–Kier alpha value is -3.23. The number of halogens is 3. The van der Waals surface area contributed by atoms with E-state index in [1.165, 1.54) is 12.1 Å². The summed E-state index contributed by atoms with van der Waals surface area (Å²) < 4.78 is 34.2. The topological polar surface area (TPSA) is 56.7 Å². The fourth-order valence-electron chi connectivity index (χ4n) is 4.54. The second-order valence-corrected chi connectivity index (χ2v) is 9.29. The summed E-state index contributed by atoms with van der Waals surface area (Å²) in [7, 11) is 0. The number of hydrogen-bond acceptors (Lipinski definition) is 5. The first kappa shape index (κ1) is 22.6. The number of anilines is 1. The van der Waals surface area contributed by atoms with Crippen LogP contribution in [0.3, 0.4) is 0 Å². The standard InChI is InChI=1S/C25H20ClF2N3O2S/c1-2-21(33)30-7-8-31(15(12-27)13-30)25-19-11-20(26)22(23(28)24(19)29-34-25)18-10-16(32)9-14-5-3-4-6-17(14)18/h2-6,9-11,15,32H,1,7-8,12-13H2/t15-/m1/s1. The van der Waals surface area contributed by atoms with Gasteiger partial charge >= 0.3 is 0 Å². The monoisotopic (exact) mass is 499 g/mol. The van der Waals surface area contributed by atoms with Crippen LogP contribution in [0, 0.1) is 5.82 Å². The number of phenolic OH excluding ortho intramolecular Hbond substituents is 1. The van der Waals surface area contributed by atoms with Gasteiger partial charge in [0.1, 0.15) is 22.9 Å². The normalized spacial score (nSPS) is 16.4. The molecule has 1 fully saturated rings. The molecule has 1 aromatic heterocycles. The highest BCUT2D eigenvalue weighted by Gasteiger charge is 2.32. The smallest absolute Gasteiger partial charge is 0.246 e. The molecule has 1 aliphatic rings. The van der Waals surface area contributed by atoms with Gasteiger partial charge in [-0.2, -0.15) is 4.37 Å². The van der Waals surface area contributed by atoms with Crippen LogP contribution in [0.4, 0.5) is 13.8 Å². The van der Waals surface area contributed by atoms with E-state index in [9.17, 15) is 14.3 Å². The van der Waals surface area contributed by atoms with Gasteiger partial charge in [-0.05, 0) is 52.1 Å². The number of piperazine rings is 1. The van der Waals surface area contributed by atoms with Crippen molar-refractivity contribution in [1.82, 2.24) is 9.27 Å². The molecule has 2 heterocycles. The SMILES string of the molecule is C=CC(=O)N1CCN(c2snc3c(F)c(-c4cc(O)cc5ccccc45)c(Cl)cc23)[C@H](CF)C1. The Morgan fingerprint density at radius 3 is 2.82 bits per heavy atom. The molecule has 1 amide bonds. The number of hydrogen-bond donors (Lipinski definition) is 1. The summed E-state index contributed by atoms with van der Waals surface area (Å²) in [6.07, 6.45) is 1.22. The second-order valence-electron chi connectivity index (χ2n) is 8.14. The van der Waals surface area contributed by atoms with Crippen molar-refractivity contribution in [2.45, 2.75) is 6.04 Å². The summed E-state index contributed by atoms with van der Waals surface area (Å²) in [4.78, 5) is 15.4. The number of aromatic nitrogens is 1. The zero-order chi connectivity index (χ0) is 24.0. The Labute approximate surface area is 203 Å². The lowest BCUT2D eigenvalue weighted by Crippen LogP contribution is -2.55. The third-order valence-corrected chi connectivity index (χ3v) is 7.37. The maximum Gasteiger partial charge on any atom is 0.246 e. The van der Waals surface area contributed by atoms with Crippen LogP contribution in [-0.4, -0.2) is 52.6 Å². The minimum absolute atomic E-state index is 0.000889. The summed E-state index contributed by atoms with van der Waals surface area (Å²) in [6, 6.07) is 11.5. The molecule has 0 bridgehead atoms. The number of benzene rings is 3. The average Bonchev–Trinajstić information content (AvgIpc) is 3.26. The summed E-state index contributed by atoms with van der Waals surface area (Å²) >= 11 is 7.69. The van der Waals surface area contributed by atoms with E-state index in [1.807, 2.05) is 29.2 Å². The van der Waals surface area contributed by atoms with Gasteiger partial charge < -0.3 is 14.9 Å². The first-order chi connectivity index (χ1) is 16.4. The van der Waals surface area contributed by atoms with Crippen LogP contribution in [-0.2, 0) is 4.79 Å². The van der Waals surface area contributed by atoms with Gasteiger partial charge in [-0.3, -0.25) is 4.79 Å². The quantitative estimate of drug-likeness (QED) is 0.361. The number of fused-ring (bicyclic) bond motifs is 2. The van der Waals surface area contributed by atoms with Gasteiger partial charge in [0.15, 0.2) is 5.82 Å². The van der Waals surface area contributed by atoms with E-state index < -0.39 is 18.5 Å². The zero-order valence-corrected chi connectivity index (χ0v) is 19.5. The highest BCUT2D eigenvalue weighted by Crippen LogP contribution is 2.44. The van der Waals surface area contributed by atoms with Gasteiger partial charge in [0.25, 0.3) is 0 Å². The van der Waals surface area contributed by atoms with Crippen LogP contribution < -0.4 is 4.90 Å². The molecule has 3 aromatic carbocycles. The average molecular weight is 500 g/mol. The van der Waals surface area contributed by atoms with Crippen molar-refractivity contribution in [1.29, 1.82) is 0 Å². The number of nitrogens with zero attached hydrogens (tertiary/aromatic N) is 3. The van der Waals surface area contributed by atoms with Crippen molar-refractivity contribution < 1.29 is 18.7 Å². The summed E-state index contributed by atoms with van der Waals surface area (Å²) in [6.45, 7) is 3.79. The molecular weight excluding hydrogens is 480 g/mol. The first-order valence-electron chi connectivity index (χ1n) is 10.7. The lowest BCUT2D eigenvalue weighted by atomic mass is 9.96. The lowest BCUT2D eigenvalue weighted by molar-refractivity contribution is -0.126. The Kier molecular flexibility index (Phi) is 5.87. The Morgan fingerprint density at radius 2 is 2.06 bits per heavy atom. The third kappa shape index (κ3) is 3.67. The predicted octanol–water partition coefficient (Wildman–Crippen LogP) is 5.79. The molecule has 0 saturated carbocycles. The molecule has 1 aliphatic heterocycles. The summed E-state index contributed by atoms with van der Waals surface area (Å²) in [5, 5.41) is 13.0. The summed E-state index contributed by atoms with van der Waals surface area (Å²) in [5.74, 6) is -0.844. The van der Waals surface area contributed by atoms with E-state index in [1.54, 1.807) is 17.0 Å². The van der Waals surface area contributed by atoms with Crippen LogP contribution in [0.25, 0.3) is 32.8 Å². The number of amides is 1. The predicted molar refractivity (Wildman–Crippen MR) is 133 cm³/mol. The molecule has 0 unspecified atom stereocenters. The largest absolute Gasteiger partial charge is 0.508 e. The maximum absolute atomic E-state index is 15.9. The lowest BCUT2D eigenvalue weighted by Gasteiger charge is -2.40. The molecule has 5 nitrogen and oxygen atoms in total. The molecule has 0 aliphatic carbocycles. The zero-order valence-electron chi connectivity index (χ0n) is 18.0. The van der Waals surface area contributed by atoms with Gasteiger partial charge in [0, 0.05) is 30.6 Å². The molecule has 5 rings (SSSR count). The minimum Gasteiger partial charge on any atom is -0.508 e. The highest BCUT2D eigenvalue weighted by molar-refractivity contribution is 7.11. The molecule has 174 valence electrons. The highest BCUT2D eigenvalue weighted by atomic mass is 35.5. The fourth-order valence-corrected chi connectivity index (χ4v) is 5.79. The van der Waals surface area contributed by atoms with Crippen LogP contribution >= 0.6 is 23.1 Å². The molecule has 0 spiro atoms. The number of carbonyl (C=O) groups excluding carboxylic acids is 1. The second kappa shape index (κ2) is 8.85. The van der Waals surface area contributed by atoms with Crippen molar-refractivity contribution >= 4 is 55.7 Å². The van der Waals surface area contributed by atoms with Gasteiger partial charge in [-0.25, -0.2) is 8.78 Å². The van der Waals surface area contributed by atoms with Gasteiger partial charge in [-0.15, -0.1) is 0 Å². The van der Waals surface area contributed by atoms with E-state index in [2.05, 4.69) is 11.0 Å². The fraction of sp³-hybridized carbons (Fsp3) is 0.200. The van der Waals surface area contributed by atoms with Gasteiger partial charge in [0.2, 0.25) is 5.91 Å². The van der Waals surface area contributed by atoms with E-state index in [0.717, 1.165) is 22.3 Å². The molecule has 34 heavy (non-hydrogen) atoms. The molecule has 0 radical (unpaired) electrons. The molecule has 1 saturated heterocycles. The van der Waals surface area contributed by atoms with Crippen LogP contribution in [0.15, 0.2) is 55.1 Å². The number of phenols is 1. The van der Waals surface area contributed by atoms with Crippen molar-refractivity contribution in [3.8, 4) is 16.9 Å². The van der Waals surface area contributed by atoms with Gasteiger partial charge in [-0.1, -0.05) is 42.4 Å². The Morgan fingerprint density at radius 1 is 1.26 bits per heavy atom. The van der Waals surface area contributed by atoms with Crippen molar-refractivity contribution in [2.75, 3.05) is 31.2 Å². The molecule has 1 atom stereocenters. The number of rotatable bonds is 4. The first-order valence-corrected chi connectivity index (χ1v) is 11.8. The maximum atomic E-state index is 15.9. The van der Waals surface area contributed by atoms with Crippen LogP contribution in [0.2, 0.25) is 5.02 Å².